The zero-order valence-corrected chi connectivity index (χ0v) is 18.7. The molecule has 0 bridgehead atoms. The van der Waals surface area contributed by atoms with E-state index in [4.69, 9.17) is 4.74 Å². The maximum Gasteiger partial charge on any atom is 0.408 e. The summed E-state index contributed by atoms with van der Waals surface area (Å²) in [6, 6.07) is 0.884. The van der Waals surface area contributed by atoms with Crippen LogP contribution < -0.4 is 10.2 Å². The van der Waals surface area contributed by atoms with Crippen LogP contribution in [0.25, 0.3) is 10.2 Å². The summed E-state index contributed by atoms with van der Waals surface area (Å²) < 4.78 is 43.8. The monoisotopic (exact) mass is 454 g/mol. The van der Waals surface area contributed by atoms with Crippen molar-refractivity contribution in [1.82, 2.24) is 15.3 Å². The Morgan fingerprint density at radius 1 is 1.29 bits per heavy atom. The average Bonchev–Trinajstić information content (AvgIpc) is 3.13. The number of likely N-dealkylation sites (N-methyl/N-ethyl adjacent to an activating group) is 1. The van der Waals surface area contributed by atoms with Crippen molar-refractivity contribution in [2.75, 3.05) is 11.9 Å². The zero-order valence-electron chi connectivity index (χ0n) is 17.8. The minimum absolute atomic E-state index is 0.178. The molecule has 2 heterocycles. The van der Waals surface area contributed by atoms with Gasteiger partial charge in [-0.1, -0.05) is 13.2 Å². The van der Waals surface area contributed by atoms with E-state index in [0.717, 1.165) is 16.9 Å². The van der Waals surface area contributed by atoms with E-state index < -0.39 is 24.3 Å². The maximum atomic E-state index is 12.8. The van der Waals surface area contributed by atoms with E-state index in [1.54, 1.807) is 27.8 Å². The van der Waals surface area contributed by atoms with Crippen LogP contribution in [0, 0.1) is 0 Å². The third kappa shape index (κ3) is 5.36. The van der Waals surface area contributed by atoms with Gasteiger partial charge in [-0.25, -0.2) is 14.8 Å². The number of fused-ring (bicyclic) bond motifs is 1. The number of amides is 1. The molecule has 2 aromatic rings. The Morgan fingerprint density at radius 3 is 2.58 bits per heavy atom. The number of nitrogens with one attached hydrogen (secondary N) is 1. The second kappa shape index (κ2) is 8.14. The third-order valence-electron chi connectivity index (χ3n) is 4.92. The quantitative estimate of drug-likeness (QED) is 0.704. The van der Waals surface area contributed by atoms with Gasteiger partial charge in [0.25, 0.3) is 0 Å². The van der Waals surface area contributed by atoms with Crippen molar-refractivity contribution in [1.29, 1.82) is 0 Å². The summed E-state index contributed by atoms with van der Waals surface area (Å²) in [6.07, 6.45) is -4.03. The molecule has 1 fully saturated rings. The molecule has 31 heavy (non-hydrogen) atoms. The van der Waals surface area contributed by atoms with Crippen LogP contribution in [0.1, 0.15) is 32.1 Å². The normalized spacial score (nSPS) is 19.7. The Kier molecular flexibility index (Phi) is 6.05. The van der Waals surface area contributed by atoms with Gasteiger partial charge in [-0.2, -0.15) is 13.2 Å². The van der Waals surface area contributed by atoms with E-state index in [9.17, 15) is 18.0 Å². The van der Waals surface area contributed by atoms with E-state index >= 15 is 0 Å². The first-order valence-corrected chi connectivity index (χ1v) is 10.5. The number of hydrogen-bond acceptors (Lipinski definition) is 6. The molecule has 0 saturated heterocycles. The number of alkyl carbamates (subject to hydrolysis) is 1. The standard InChI is InChI=1S/C21H25F3N4O2S/c1-11-12(2)16(8-15(11)27-19(29)30-20(3,4)5)28(6)17-14-7-13(9-21(22,23)24)31-18(14)26-10-25-17/h7,10,15-16H,1-2,8-9H2,3-6H3,(H,27,29)/t15-,16+/m1/s1. The molecule has 6 nitrogen and oxygen atoms in total. The van der Waals surface area contributed by atoms with Gasteiger partial charge in [0.1, 0.15) is 22.6 Å². The van der Waals surface area contributed by atoms with Crippen molar-refractivity contribution in [2.45, 2.75) is 57.5 Å². The largest absolute Gasteiger partial charge is 0.444 e. The van der Waals surface area contributed by atoms with Crippen molar-refractivity contribution in [3.05, 3.63) is 41.6 Å². The third-order valence-corrected chi connectivity index (χ3v) is 5.96. The summed E-state index contributed by atoms with van der Waals surface area (Å²) in [7, 11) is 1.79. The summed E-state index contributed by atoms with van der Waals surface area (Å²) in [6.45, 7) is 13.5. The Morgan fingerprint density at radius 2 is 1.97 bits per heavy atom. The average molecular weight is 455 g/mol. The topological polar surface area (TPSA) is 67.4 Å². The van der Waals surface area contributed by atoms with Gasteiger partial charge >= 0.3 is 12.3 Å². The molecule has 0 aliphatic heterocycles. The molecule has 1 aliphatic carbocycles. The molecule has 1 saturated carbocycles. The van der Waals surface area contributed by atoms with Crippen LogP contribution in [0.5, 0.6) is 0 Å². The molecular weight excluding hydrogens is 429 g/mol. The van der Waals surface area contributed by atoms with E-state index in [0.29, 0.717) is 28.0 Å². The number of alkyl halides is 3. The van der Waals surface area contributed by atoms with E-state index in [1.165, 1.54) is 12.4 Å². The summed E-state index contributed by atoms with van der Waals surface area (Å²) in [5, 5.41) is 3.37. The predicted molar refractivity (Wildman–Crippen MR) is 115 cm³/mol. The van der Waals surface area contributed by atoms with Crippen LogP contribution in [-0.2, 0) is 11.2 Å². The van der Waals surface area contributed by atoms with Crippen LogP contribution in [0.4, 0.5) is 23.8 Å². The van der Waals surface area contributed by atoms with Gasteiger partial charge in [0, 0.05) is 11.9 Å². The molecule has 2 atom stereocenters. The molecule has 0 radical (unpaired) electrons. The summed E-state index contributed by atoms with van der Waals surface area (Å²) in [5.74, 6) is 0.506. The summed E-state index contributed by atoms with van der Waals surface area (Å²) >= 11 is 1.00. The van der Waals surface area contributed by atoms with E-state index in [2.05, 4.69) is 28.4 Å². The van der Waals surface area contributed by atoms with E-state index in [1.807, 2.05) is 4.90 Å². The first-order valence-electron chi connectivity index (χ1n) is 9.65. The number of carbonyl (C=O) groups excluding carboxylic acids is 1. The number of rotatable bonds is 4. The molecule has 3 rings (SSSR count). The van der Waals surface area contributed by atoms with E-state index in [-0.39, 0.29) is 17.0 Å². The lowest BCUT2D eigenvalue weighted by Gasteiger charge is -2.27. The highest BCUT2D eigenvalue weighted by Gasteiger charge is 2.37. The lowest BCUT2D eigenvalue weighted by Crippen LogP contribution is -2.39. The van der Waals surface area contributed by atoms with Gasteiger partial charge in [-0.3, -0.25) is 0 Å². The first kappa shape index (κ1) is 23.1. The van der Waals surface area contributed by atoms with Gasteiger partial charge in [-0.15, -0.1) is 11.3 Å². The molecule has 2 aromatic heterocycles. The number of hydrogen-bond donors (Lipinski definition) is 1. The Hall–Kier alpha value is -2.62. The van der Waals surface area contributed by atoms with Gasteiger partial charge in [0.15, 0.2) is 0 Å². The van der Waals surface area contributed by atoms with Crippen LogP contribution in [0.15, 0.2) is 36.7 Å². The number of ether oxygens (including phenoxy) is 1. The van der Waals surface area contributed by atoms with Crippen LogP contribution in [-0.4, -0.2) is 47.0 Å². The molecule has 0 aromatic carbocycles. The second-order valence-corrected chi connectivity index (χ2v) is 9.65. The number of nitrogens with zero attached hydrogens (tertiary/aromatic N) is 3. The fourth-order valence-corrected chi connectivity index (χ4v) is 4.56. The summed E-state index contributed by atoms with van der Waals surface area (Å²) in [4.78, 5) is 23.1. The number of aromatic nitrogens is 2. The van der Waals surface area contributed by atoms with Gasteiger partial charge in [0.05, 0.1) is 23.9 Å². The molecular formula is C21H25F3N4O2S. The van der Waals surface area contributed by atoms with Crippen LogP contribution in [0.2, 0.25) is 0 Å². The maximum absolute atomic E-state index is 12.8. The number of carbonyl (C=O) groups is 1. The lowest BCUT2D eigenvalue weighted by molar-refractivity contribution is -0.126. The fraction of sp³-hybridized carbons (Fsp3) is 0.476. The Balaban J connectivity index is 1.81. The van der Waals surface area contributed by atoms with Gasteiger partial charge in [-0.05, 0) is 44.4 Å². The SMILES string of the molecule is C=C1C(=C)[C@@H](N(C)c2ncnc3sc(CC(F)(F)F)cc23)C[C@H]1NC(=O)OC(C)(C)C. The van der Waals surface area contributed by atoms with Gasteiger partial charge < -0.3 is 15.0 Å². The lowest BCUT2D eigenvalue weighted by atomic mass is 10.1. The van der Waals surface area contributed by atoms with Crippen LogP contribution >= 0.6 is 11.3 Å². The van der Waals surface area contributed by atoms with Crippen molar-refractivity contribution in [3.63, 3.8) is 0 Å². The molecule has 1 amide bonds. The number of halogens is 3. The highest BCUT2D eigenvalue weighted by molar-refractivity contribution is 7.18. The van der Waals surface area contributed by atoms with Crippen molar-refractivity contribution >= 4 is 33.5 Å². The molecule has 168 valence electrons. The highest BCUT2D eigenvalue weighted by Crippen LogP contribution is 2.38. The van der Waals surface area contributed by atoms with Crippen molar-refractivity contribution in [2.24, 2.45) is 0 Å². The van der Waals surface area contributed by atoms with Crippen molar-refractivity contribution < 1.29 is 22.7 Å². The smallest absolute Gasteiger partial charge is 0.408 e. The minimum atomic E-state index is -4.29. The predicted octanol–water partition coefficient (Wildman–Crippen LogP) is 5.01. The number of anilines is 1. The summed E-state index contributed by atoms with van der Waals surface area (Å²) in [5.41, 5.74) is 0.772. The Bertz CT molecular complexity index is 1030. The molecule has 0 spiro atoms. The second-order valence-electron chi connectivity index (χ2n) is 8.53. The fourth-order valence-electron chi connectivity index (χ4n) is 3.54. The van der Waals surface area contributed by atoms with Gasteiger partial charge in [0.2, 0.25) is 0 Å². The van der Waals surface area contributed by atoms with Crippen LogP contribution in [0.3, 0.4) is 0 Å². The molecule has 1 N–H and O–H groups in total. The highest BCUT2D eigenvalue weighted by atomic mass is 32.1. The first-order chi connectivity index (χ1) is 14.2. The zero-order chi connectivity index (χ0) is 23.1. The van der Waals surface area contributed by atoms with Crippen molar-refractivity contribution in [3.8, 4) is 0 Å². The number of thiophene rings is 1. The molecule has 1 aliphatic rings. The Labute approximate surface area is 182 Å². The molecule has 0 unspecified atom stereocenters. The molecule has 10 heteroatoms. The minimum Gasteiger partial charge on any atom is -0.444 e.